The monoisotopic (exact) mass is 398 g/mol. The zero-order valence-corrected chi connectivity index (χ0v) is 16.4. The van der Waals surface area contributed by atoms with Crippen molar-refractivity contribution in [1.82, 2.24) is 0 Å². The van der Waals surface area contributed by atoms with Gasteiger partial charge < -0.3 is 5.11 Å². The van der Waals surface area contributed by atoms with Crippen LogP contribution in [-0.2, 0) is 10.0 Å². The Labute approximate surface area is 165 Å². The molecule has 2 aromatic carbocycles. The first kappa shape index (κ1) is 19.9. The number of aliphatic hydroxyl groups excluding tert-OH is 1. The van der Waals surface area contributed by atoms with E-state index in [4.69, 9.17) is 0 Å². The molecule has 0 aliphatic heterocycles. The molecule has 28 heavy (non-hydrogen) atoms. The van der Waals surface area contributed by atoms with Crippen molar-refractivity contribution in [1.29, 1.82) is 0 Å². The summed E-state index contributed by atoms with van der Waals surface area (Å²) in [7, 11) is -3.67. The molecular formula is C21H24N3O3S+. The summed E-state index contributed by atoms with van der Waals surface area (Å²) in [5.74, 6) is 0.622. The Morgan fingerprint density at radius 3 is 2.21 bits per heavy atom. The van der Waals surface area contributed by atoms with Gasteiger partial charge in [0.25, 0.3) is 15.8 Å². The first-order valence-electron chi connectivity index (χ1n) is 9.09. The molecule has 0 spiro atoms. The molecule has 0 bridgehead atoms. The Morgan fingerprint density at radius 1 is 1.00 bits per heavy atom. The number of rotatable bonds is 8. The number of H-pyrrole nitrogens is 1. The lowest BCUT2D eigenvalue weighted by Gasteiger charge is -2.22. The van der Waals surface area contributed by atoms with Crippen LogP contribution in [0.3, 0.4) is 0 Å². The molecule has 0 fully saturated rings. The minimum Gasteiger partial charge on any atom is -0.384 e. The van der Waals surface area contributed by atoms with Crippen LogP contribution < -0.4 is 14.6 Å². The summed E-state index contributed by atoms with van der Waals surface area (Å²) in [5.41, 5.74) is 1.44. The van der Waals surface area contributed by atoms with E-state index in [9.17, 15) is 13.5 Å². The SMILES string of the molecule is CCN(c1ccccc1)S(=O)(=O)c1ccc(NC[C@@H](O)c2ccccc2)[nH+]c1. The molecule has 0 saturated heterocycles. The molecular weight excluding hydrogens is 374 g/mol. The van der Waals surface area contributed by atoms with Crippen molar-refractivity contribution in [2.24, 2.45) is 0 Å². The van der Waals surface area contributed by atoms with Gasteiger partial charge in [0.2, 0.25) is 0 Å². The van der Waals surface area contributed by atoms with Crippen LogP contribution in [0.25, 0.3) is 0 Å². The number of nitrogens with zero attached hydrogens (tertiary/aromatic N) is 1. The fourth-order valence-electron chi connectivity index (χ4n) is 2.89. The molecule has 3 aromatic rings. The second-order valence-corrected chi connectivity index (χ2v) is 8.11. The van der Waals surface area contributed by atoms with Gasteiger partial charge in [-0.2, -0.15) is 0 Å². The maximum atomic E-state index is 13.0. The molecule has 0 aliphatic carbocycles. The Bertz CT molecular complexity index is 978. The average molecular weight is 399 g/mol. The summed E-state index contributed by atoms with van der Waals surface area (Å²) in [6.07, 6.45) is 0.796. The minimum atomic E-state index is -3.67. The molecule has 6 nitrogen and oxygen atoms in total. The number of hydrogen-bond acceptors (Lipinski definition) is 4. The van der Waals surface area contributed by atoms with Crippen LogP contribution in [0.5, 0.6) is 0 Å². The molecule has 146 valence electrons. The lowest BCUT2D eigenvalue weighted by Crippen LogP contribution is -2.31. The van der Waals surface area contributed by atoms with Gasteiger partial charge in [0.1, 0.15) is 23.7 Å². The van der Waals surface area contributed by atoms with Crippen LogP contribution in [-0.4, -0.2) is 26.6 Å². The van der Waals surface area contributed by atoms with Gasteiger partial charge in [-0.3, -0.25) is 9.62 Å². The fourth-order valence-corrected chi connectivity index (χ4v) is 4.33. The standard InChI is InChI=1S/C21H23N3O3S/c1-2-24(18-11-7-4-8-12-18)28(26,27)19-13-14-21(22-15-19)23-16-20(25)17-9-5-3-6-10-17/h3-15,20,25H,2,16H2,1H3,(H,22,23)/p+1/t20-/m1/s1. The van der Waals surface area contributed by atoms with Gasteiger partial charge in [0, 0.05) is 12.6 Å². The van der Waals surface area contributed by atoms with Gasteiger partial charge in [-0.05, 0) is 30.7 Å². The second-order valence-electron chi connectivity index (χ2n) is 6.25. The Kier molecular flexibility index (Phi) is 6.28. The van der Waals surface area contributed by atoms with E-state index in [0.29, 0.717) is 24.6 Å². The Hall–Kier alpha value is -2.90. The highest BCUT2D eigenvalue weighted by Gasteiger charge is 2.24. The van der Waals surface area contributed by atoms with Crippen molar-refractivity contribution < 1.29 is 18.5 Å². The summed E-state index contributed by atoms with van der Waals surface area (Å²) in [6, 6.07) is 21.6. The summed E-state index contributed by atoms with van der Waals surface area (Å²) < 4.78 is 27.3. The number of anilines is 2. The van der Waals surface area contributed by atoms with Gasteiger partial charge in [-0.25, -0.2) is 13.4 Å². The predicted octanol–water partition coefficient (Wildman–Crippen LogP) is 2.86. The third-order valence-electron chi connectivity index (χ3n) is 4.37. The summed E-state index contributed by atoms with van der Waals surface area (Å²) in [5, 5.41) is 13.3. The van der Waals surface area contributed by atoms with Crippen molar-refractivity contribution >= 4 is 21.5 Å². The number of pyridine rings is 1. The Morgan fingerprint density at radius 2 is 1.64 bits per heavy atom. The topological polar surface area (TPSA) is 83.8 Å². The van der Waals surface area contributed by atoms with Gasteiger partial charge in [-0.15, -0.1) is 0 Å². The van der Waals surface area contributed by atoms with Gasteiger partial charge in [0.05, 0.1) is 5.69 Å². The first-order chi connectivity index (χ1) is 13.5. The number of benzene rings is 2. The number of sulfonamides is 1. The van der Waals surface area contributed by atoms with Crippen molar-refractivity contribution in [3.8, 4) is 0 Å². The lowest BCUT2D eigenvalue weighted by molar-refractivity contribution is -0.364. The van der Waals surface area contributed by atoms with E-state index in [1.165, 1.54) is 10.5 Å². The maximum Gasteiger partial charge on any atom is 0.272 e. The van der Waals surface area contributed by atoms with E-state index < -0.39 is 16.1 Å². The highest BCUT2D eigenvalue weighted by molar-refractivity contribution is 7.92. The van der Waals surface area contributed by atoms with E-state index in [-0.39, 0.29) is 4.90 Å². The number of nitrogens with one attached hydrogen (secondary N) is 2. The Balaban J connectivity index is 1.71. The highest BCUT2D eigenvalue weighted by atomic mass is 32.2. The van der Waals surface area contributed by atoms with E-state index in [1.807, 2.05) is 48.5 Å². The number of hydrogen-bond donors (Lipinski definition) is 2. The summed E-state index contributed by atoms with van der Waals surface area (Å²) in [4.78, 5) is 3.13. The molecule has 0 saturated carbocycles. The van der Waals surface area contributed by atoms with Gasteiger partial charge >= 0.3 is 0 Å². The summed E-state index contributed by atoms with van der Waals surface area (Å²) in [6.45, 7) is 2.43. The largest absolute Gasteiger partial charge is 0.384 e. The molecule has 1 heterocycles. The molecule has 0 radical (unpaired) electrons. The number of aliphatic hydroxyl groups is 1. The van der Waals surface area contributed by atoms with E-state index in [1.54, 1.807) is 31.2 Å². The van der Waals surface area contributed by atoms with Crippen LogP contribution >= 0.6 is 0 Å². The molecule has 7 heteroatoms. The maximum absolute atomic E-state index is 13.0. The molecule has 3 N–H and O–H groups in total. The third kappa shape index (κ3) is 4.49. The quantitative estimate of drug-likeness (QED) is 0.611. The van der Waals surface area contributed by atoms with Crippen molar-refractivity contribution in [3.63, 3.8) is 0 Å². The van der Waals surface area contributed by atoms with Crippen LogP contribution in [0.2, 0.25) is 0 Å². The van der Waals surface area contributed by atoms with E-state index >= 15 is 0 Å². The second kappa shape index (κ2) is 8.86. The molecule has 0 unspecified atom stereocenters. The van der Waals surface area contributed by atoms with Crippen LogP contribution in [0.1, 0.15) is 18.6 Å². The molecule has 0 amide bonds. The van der Waals surface area contributed by atoms with E-state index in [2.05, 4.69) is 10.3 Å². The van der Waals surface area contributed by atoms with Crippen LogP contribution in [0, 0.1) is 0 Å². The zero-order chi connectivity index (χ0) is 20.0. The molecule has 1 atom stereocenters. The molecule has 1 aromatic heterocycles. The molecule has 3 rings (SSSR count). The first-order valence-corrected chi connectivity index (χ1v) is 10.5. The van der Waals surface area contributed by atoms with Crippen LogP contribution in [0.15, 0.2) is 83.9 Å². The molecule has 0 aliphatic rings. The smallest absolute Gasteiger partial charge is 0.272 e. The summed E-state index contributed by atoms with van der Waals surface area (Å²) >= 11 is 0. The minimum absolute atomic E-state index is 0.173. The van der Waals surface area contributed by atoms with Crippen molar-refractivity contribution in [2.75, 3.05) is 22.7 Å². The van der Waals surface area contributed by atoms with Crippen LogP contribution in [0.4, 0.5) is 11.5 Å². The average Bonchev–Trinajstić information content (AvgIpc) is 2.74. The highest BCUT2D eigenvalue weighted by Crippen LogP contribution is 2.22. The normalized spacial score (nSPS) is 12.4. The zero-order valence-electron chi connectivity index (χ0n) is 15.6. The fraction of sp³-hybridized carbons (Fsp3) is 0.190. The van der Waals surface area contributed by atoms with Gasteiger partial charge in [0.15, 0.2) is 0 Å². The predicted molar refractivity (Wildman–Crippen MR) is 110 cm³/mol. The number of para-hydroxylation sites is 1. The number of aromatic amines is 1. The van der Waals surface area contributed by atoms with Crippen molar-refractivity contribution in [2.45, 2.75) is 17.9 Å². The third-order valence-corrected chi connectivity index (χ3v) is 6.27. The van der Waals surface area contributed by atoms with Gasteiger partial charge in [-0.1, -0.05) is 48.5 Å². The number of aromatic nitrogens is 1. The lowest BCUT2D eigenvalue weighted by atomic mass is 10.1. The van der Waals surface area contributed by atoms with E-state index in [0.717, 1.165) is 5.56 Å². The van der Waals surface area contributed by atoms with Crippen molar-refractivity contribution in [3.05, 3.63) is 84.6 Å².